The van der Waals surface area contributed by atoms with Crippen LogP contribution in [-0.4, -0.2) is 17.0 Å². The summed E-state index contributed by atoms with van der Waals surface area (Å²) in [5, 5.41) is 12.4. The molecule has 0 bridgehead atoms. The average Bonchev–Trinajstić information content (AvgIpc) is 2.48. The van der Waals surface area contributed by atoms with Crippen molar-refractivity contribution in [1.29, 1.82) is 0 Å². The predicted octanol–water partition coefficient (Wildman–Crippen LogP) is 3.19. The average molecular weight is 267 g/mol. The maximum absolute atomic E-state index is 11.8. The Balaban J connectivity index is 2.10. The van der Waals surface area contributed by atoms with Gasteiger partial charge in [-0.1, -0.05) is 6.42 Å². The van der Waals surface area contributed by atoms with E-state index in [4.69, 9.17) is 5.11 Å². The highest BCUT2D eigenvalue weighted by Crippen LogP contribution is 2.34. The van der Waals surface area contributed by atoms with Crippen molar-refractivity contribution in [3.8, 4) is 0 Å². The van der Waals surface area contributed by atoms with Gasteiger partial charge < -0.3 is 10.4 Å². The topological polar surface area (TPSA) is 66.4 Å². The number of amides is 1. The van der Waals surface area contributed by atoms with Crippen LogP contribution in [0.3, 0.4) is 0 Å². The van der Waals surface area contributed by atoms with Crippen molar-refractivity contribution < 1.29 is 14.7 Å². The van der Waals surface area contributed by atoms with Gasteiger partial charge in [0.15, 0.2) is 0 Å². The van der Waals surface area contributed by atoms with E-state index in [-0.39, 0.29) is 11.5 Å². The quantitative estimate of drug-likeness (QED) is 0.880. The number of aryl methyl sites for hydroxylation is 1. The van der Waals surface area contributed by atoms with Gasteiger partial charge in [0, 0.05) is 11.3 Å². The molecule has 1 aromatic rings. The van der Waals surface area contributed by atoms with Crippen LogP contribution in [0.4, 0.5) is 5.00 Å². The van der Waals surface area contributed by atoms with Gasteiger partial charge >= 0.3 is 5.97 Å². The standard InChI is InChI=1S/C13H17NO3S/c1-7-8(2)18-12(11(7)13(16)17)14-10(15)6-9-4-3-5-9/h9H,3-6H2,1-2H3,(H,14,15)(H,16,17). The lowest BCUT2D eigenvalue weighted by Gasteiger charge is -2.24. The van der Waals surface area contributed by atoms with Gasteiger partial charge in [0.1, 0.15) is 5.00 Å². The number of carbonyl (C=O) groups excluding carboxylic acids is 1. The number of anilines is 1. The first-order valence-electron chi connectivity index (χ1n) is 6.12. The summed E-state index contributed by atoms with van der Waals surface area (Å²) in [5.41, 5.74) is 0.978. The number of carboxylic acids is 1. The fourth-order valence-corrected chi connectivity index (χ4v) is 3.18. The number of carboxylic acid groups (broad SMARTS) is 1. The lowest BCUT2D eigenvalue weighted by Crippen LogP contribution is -2.21. The normalized spacial score (nSPS) is 15.2. The van der Waals surface area contributed by atoms with E-state index < -0.39 is 5.97 Å². The van der Waals surface area contributed by atoms with Gasteiger partial charge in [-0.3, -0.25) is 4.79 Å². The van der Waals surface area contributed by atoms with Crippen LogP contribution >= 0.6 is 11.3 Å². The molecular formula is C13H17NO3S. The van der Waals surface area contributed by atoms with Gasteiger partial charge in [0.05, 0.1) is 5.56 Å². The molecule has 0 radical (unpaired) electrons. The van der Waals surface area contributed by atoms with Crippen molar-refractivity contribution in [3.05, 3.63) is 16.0 Å². The minimum atomic E-state index is -0.976. The van der Waals surface area contributed by atoms with E-state index in [2.05, 4.69) is 5.32 Å². The minimum Gasteiger partial charge on any atom is -0.478 e. The molecule has 0 spiro atoms. The third-order valence-electron chi connectivity index (χ3n) is 3.55. The van der Waals surface area contributed by atoms with E-state index in [0.717, 1.165) is 23.3 Å². The fourth-order valence-electron chi connectivity index (χ4n) is 2.11. The van der Waals surface area contributed by atoms with Crippen LogP contribution in [0, 0.1) is 19.8 Å². The van der Waals surface area contributed by atoms with E-state index in [0.29, 0.717) is 17.3 Å². The lowest BCUT2D eigenvalue weighted by atomic mass is 9.83. The molecule has 1 aromatic heterocycles. The van der Waals surface area contributed by atoms with E-state index >= 15 is 0 Å². The Morgan fingerprint density at radius 3 is 2.56 bits per heavy atom. The van der Waals surface area contributed by atoms with Gasteiger partial charge in [-0.05, 0) is 38.2 Å². The minimum absolute atomic E-state index is 0.0662. The Morgan fingerprint density at radius 2 is 2.06 bits per heavy atom. The number of carbonyl (C=O) groups is 2. The van der Waals surface area contributed by atoms with Crippen molar-refractivity contribution in [3.63, 3.8) is 0 Å². The summed E-state index contributed by atoms with van der Waals surface area (Å²) >= 11 is 1.34. The highest BCUT2D eigenvalue weighted by Gasteiger charge is 2.23. The van der Waals surface area contributed by atoms with Crippen LogP contribution in [0.2, 0.25) is 0 Å². The summed E-state index contributed by atoms with van der Waals surface area (Å²) < 4.78 is 0. The Bertz CT molecular complexity index is 489. The molecule has 98 valence electrons. The van der Waals surface area contributed by atoms with Gasteiger partial charge in [-0.2, -0.15) is 0 Å². The van der Waals surface area contributed by atoms with Crippen molar-refractivity contribution in [2.24, 2.45) is 5.92 Å². The highest BCUT2D eigenvalue weighted by atomic mass is 32.1. The molecule has 1 aliphatic rings. The number of hydrogen-bond donors (Lipinski definition) is 2. The highest BCUT2D eigenvalue weighted by molar-refractivity contribution is 7.16. The monoisotopic (exact) mass is 267 g/mol. The van der Waals surface area contributed by atoms with E-state index in [1.165, 1.54) is 17.8 Å². The summed E-state index contributed by atoms with van der Waals surface area (Å²) in [6.45, 7) is 3.64. The van der Waals surface area contributed by atoms with Crippen LogP contribution in [0.1, 0.15) is 46.5 Å². The first kappa shape index (κ1) is 13.1. The first-order chi connectivity index (χ1) is 8.49. The Morgan fingerprint density at radius 1 is 1.39 bits per heavy atom. The summed E-state index contributed by atoms with van der Waals surface area (Å²) in [5.74, 6) is -0.556. The van der Waals surface area contributed by atoms with Crippen LogP contribution in [0.25, 0.3) is 0 Å². The van der Waals surface area contributed by atoms with Crippen LogP contribution in [0.5, 0.6) is 0 Å². The Kier molecular flexibility index (Phi) is 3.71. The molecule has 0 unspecified atom stereocenters. The second-order valence-electron chi connectivity index (χ2n) is 4.84. The molecule has 4 nitrogen and oxygen atoms in total. The van der Waals surface area contributed by atoms with Crippen molar-refractivity contribution in [2.45, 2.75) is 39.5 Å². The van der Waals surface area contributed by atoms with Crippen LogP contribution < -0.4 is 5.32 Å². The number of nitrogens with one attached hydrogen (secondary N) is 1. The fraction of sp³-hybridized carbons (Fsp3) is 0.538. The first-order valence-corrected chi connectivity index (χ1v) is 6.93. The second kappa shape index (κ2) is 5.10. The van der Waals surface area contributed by atoms with Crippen molar-refractivity contribution >= 4 is 28.2 Å². The second-order valence-corrected chi connectivity index (χ2v) is 6.07. The molecule has 0 aliphatic heterocycles. The zero-order valence-electron chi connectivity index (χ0n) is 10.6. The van der Waals surface area contributed by atoms with Gasteiger partial charge in [0.2, 0.25) is 5.91 Å². The third kappa shape index (κ3) is 2.56. The van der Waals surface area contributed by atoms with E-state index in [9.17, 15) is 9.59 Å². The molecule has 1 amide bonds. The van der Waals surface area contributed by atoms with Crippen molar-refractivity contribution in [2.75, 3.05) is 5.32 Å². The molecule has 0 saturated heterocycles. The molecule has 2 rings (SSSR count). The number of thiophene rings is 1. The molecule has 2 N–H and O–H groups in total. The molecule has 1 saturated carbocycles. The molecule has 1 fully saturated rings. The zero-order chi connectivity index (χ0) is 13.3. The number of rotatable bonds is 4. The molecule has 0 aromatic carbocycles. The zero-order valence-corrected chi connectivity index (χ0v) is 11.4. The number of hydrogen-bond acceptors (Lipinski definition) is 3. The number of aromatic carboxylic acids is 1. The van der Waals surface area contributed by atoms with Crippen molar-refractivity contribution in [1.82, 2.24) is 0 Å². The van der Waals surface area contributed by atoms with Gasteiger partial charge in [-0.25, -0.2) is 4.79 Å². The molecule has 0 atom stereocenters. The third-order valence-corrected chi connectivity index (χ3v) is 4.67. The molecule has 18 heavy (non-hydrogen) atoms. The largest absolute Gasteiger partial charge is 0.478 e. The predicted molar refractivity (Wildman–Crippen MR) is 71.3 cm³/mol. The maximum atomic E-state index is 11.8. The lowest BCUT2D eigenvalue weighted by molar-refractivity contribution is -0.117. The van der Waals surface area contributed by atoms with Gasteiger partial charge in [-0.15, -0.1) is 11.3 Å². The summed E-state index contributed by atoms with van der Waals surface area (Å²) in [6, 6.07) is 0. The summed E-state index contributed by atoms with van der Waals surface area (Å²) in [6.07, 6.45) is 3.94. The maximum Gasteiger partial charge on any atom is 0.338 e. The Labute approximate surface area is 110 Å². The van der Waals surface area contributed by atoms with Crippen LogP contribution in [-0.2, 0) is 4.79 Å². The Hall–Kier alpha value is -1.36. The summed E-state index contributed by atoms with van der Waals surface area (Å²) in [4.78, 5) is 23.9. The molecule has 1 heterocycles. The van der Waals surface area contributed by atoms with E-state index in [1.54, 1.807) is 6.92 Å². The molecule has 5 heteroatoms. The smallest absolute Gasteiger partial charge is 0.338 e. The van der Waals surface area contributed by atoms with Crippen LogP contribution in [0.15, 0.2) is 0 Å². The molecule has 1 aliphatic carbocycles. The summed E-state index contributed by atoms with van der Waals surface area (Å²) in [7, 11) is 0. The van der Waals surface area contributed by atoms with E-state index in [1.807, 2.05) is 6.92 Å². The SMILES string of the molecule is Cc1sc(NC(=O)CC2CCC2)c(C(=O)O)c1C. The molecular weight excluding hydrogens is 250 g/mol. The van der Waals surface area contributed by atoms with Gasteiger partial charge in [0.25, 0.3) is 0 Å².